The van der Waals surface area contributed by atoms with E-state index in [1.54, 1.807) is 6.92 Å². The van der Waals surface area contributed by atoms with Gasteiger partial charge in [0.05, 0.1) is 15.7 Å². The first-order valence-electron chi connectivity index (χ1n) is 6.57. The summed E-state index contributed by atoms with van der Waals surface area (Å²) in [5, 5.41) is 3.12. The molecule has 0 aromatic carbocycles. The highest BCUT2D eigenvalue weighted by molar-refractivity contribution is 6.36. The van der Waals surface area contributed by atoms with Gasteiger partial charge in [0, 0.05) is 6.42 Å². The lowest BCUT2D eigenvalue weighted by molar-refractivity contribution is -0.147. The van der Waals surface area contributed by atoms with Crippen molar-refractivity contribution >= 4 is 40.9 Å². The highest BCUT2D eigenvalue weighted by Gasteiger charge is 2.12. The van der Waals surface area contributed by atoms with Gasteiger partial charge in [0.2, 0.25) is 0 Å². The number of nitrogens with zero attached hydrogens (tertiary/aromatic N) is 1. The van der Waals surface area contributed by atoms with E-state index in [1.807, 2.05) is 13.8 Å². The monoisotopic (exact) mass is 332 g/mol. The number of ether oxygens (including phenoxy) is 1. The molecule has 7 heteroatoms. The average Bonchev–Trinajstić information content (AvgIpc) is 2.40. The van der Waals surface area contributed by atoms with Gasteiger partial charge in [-0.15, -0.1) is 0 Å². The van der Waals surface area contributed by atoms with Gasteiger partial charge >= 0.3 is 5.97 Å². The standard InChI is InChI=1S/C14H18Cl2N2O3/c1-8(2)4-5-13(20)21-7-12(19)18-14-11(16)6-10(15)9(3)17-14/h6,8H,4-5,7H2,1-3H3,(H,17,18,19). The minimum Gasteiger partial charge on any atom is -0.456 e. The van der Waals surface area contributed by atoms with Crippen molar-refractivity contribution in [3.63, 3.8) is 0 Å². The molecule has 0 atom stereocenters. The van der Waals surface area contributed by atoms with Gasteiger partial charge in [-0.2, -0.15) is 0 Å². The molecule has 0 fully saturated rings. The van der Waals surface area contributed by atoms with Crippen LogP contribution in [0, 0.1) is 12.8 Å². The Bertz CT molecular complexity index is 533. The molecule has 0 radical (unpaired) electrons. The summed E-state index contributed by atoms with van der Waals surface area (Å²) in [4.78, 5) is 27.2. The zero-order valence-electron chi connectivity index (χ0n) is 12.2. The Morgan fingerprint density at radius 3 is 2.62 bits per heavy atom. The number of rotatable bonds is 6. The van der Waals surface area contributed by atoms with Gasteiger partial charge < -0.3 is 10.1 Å². The van der Waals surface area contributed by atoms with Crippen LogP contribution in [0.15, 0.2) is 6.07 Å². The molecule has 0 bridgehead atoms. The smallest absolute Gasteiger partial charge is 0.306 e. The predicted molar refractivity (Wildman–Crippen MR) is 82.7 cm³/mol. The van der Waals surface area contributed by atoms with Gasteiger partial charge in [-0.1, -0.05) is 37.0 Å². The molecule has 0 aliphatic heterocycles. The number of carbonyl (C=O) groups is 2. The first kappa shape index (κ1) is 17.7. The van der Waals surface area contributed by atoms with Gasteiger partial charge in [-0.3, -0.25) is 9.59 Å². The zero-order chi connectivity index (χ0) is 16.0. The Morgan fingerprint density at radius 2 is 2.00 bits per heavy atom. The Balaban J connectivity index is 2.47. The summed E-state index contributed by atoms with van der Waals surface area (Å²) in [5.74, 6) is -0.289. The first-order chi connectivity index (χ1) is 9.79. The highest BCUT2D eigenvalue weighted by atomic mass is 35.5. The Morgan fingerprint density at radius 1 is 1.33 bits per heavy atom. The minimum atomic E-state index is -0.496. The molecule has 1 aromatic heterocycles. The van der Waals surface area contributed by atoms with Crippen molar-refractivity contribution in [2.45, 2.75) is 33.6 Å². The molecule has 1 aromatic rings. The van der Waals surface area contributed by atoms with Crippen LogP contribution in [0.2, 0.25) is 10.0 Å². The maximum Gasteiger partial charge on any atom is 0.306 e. The number of hydrogen-bond acceptors (Lipinski definition) is 4. The fourth-order valence-corrected chi connectivity index (χ4v) is 1.84. The third kappa shape index (κ3) is 6.31. The van der Waals surface area contributed by atoms with E-state index in [4.69, 9.17) is 27.9 Å². The lowest BCUT2D eigenvalue weighted by Gasteiger charge is -2.09. The third-order valence-corrected chi connectivity index (χ3v) is 3.32. The van der Waals surface area contributed by atoms with E-state index < -0.39 is 11.9 Å². The van der Waals surface area contributed by atoms with Gasteiger partial charge in [0.25, 0.3) is 5.91 Å². The van der Waals surface area contributed by atoms with Gasteiger partial charge in [-0.05, 0) is 25.3 Å². The largest absolute Gasteiger partial charge is 0.456 e. The fourth-order valence-electron chi connectivity index (χ4n) is 1.44. The van der Waals surface area contributed by atoms with E-state index in [9.17, 15) is 9.59 Å². The molecule has 1 N–H and O–H groups in total. The van der Waals surface area contributed by atoms with Gasteiger partial charge in [0.1, 0.15) is 0 Å². The van der Waals surface area contributed by atoms with Crippen molar-refractivity contribution in [3.05, 3.63) is 21.8 Å². The van der Waals surface area contributed by atoms with Crippen LogP contribution in [0.3, 0.4) is 0 Å². The third-order valence-electron chi connectivity index (χ3n) is 2.65. The van der Waals surface area contributed by atoms with Crippen molar-refractivity contribution in [1.29, 1.82) is 0 Å². The fraction of sp³-hybridized carbons (Fsp3) is 0.500. The second-order valence-corrected chi connectivity index (χ2v) is 5.84. The summed E-state index contributed by atoms with van der Waals surface area (Å²) in [6.07, 6.45) is 1.02. The van der Waals surface area contributed by atoms with Crippen LogP contribution in [0.5, 0.6) is 0 Å². The molecule has 116 valence electrons. The normalized spacial score (nSPS) is 10.6. The number of pyridine rings is 1. The summed E-state index contributed by atoms with van der Waals surface area (Å²) in [5.41, 5.74) is 0.547. The quantitative estimate of drug-likeness (QED) is 0.808. The second kappa shape index (κ2) is 8.20. The van der Waals surface area contributed by atoms with Crippen molar-refractivity contribution in [2.75, 3.05) is 11.9 Å². The molecule has 5 nitrogen and oxygen atoms in total. The van der Waals surface area contributed by atoms with Crippen LogP contribution in [-0.4, -0.2) is 23.5 Å². The van der Waals surface area contributed by atoms with Gasteiger partial charge in [0.15, 0.2) is 12.4 Å². The number of halogens is 2. The molecule has 21 heavy (non-hydrogen) atoms. The molecule has 0 spiro atoms. The van der Waals surface area contributed by atoms with E-state index in [-0.39, 0.29) is 17.4 Å². The molecule has 0 unspecified atom stereocenters. The Labute approximate surface area is 134 Å². The van der Waals surface area contributed by atoms with Crippen LogP contribution < -0.4 is 5.32 Å². The van der Waals surface area contributed by atoms with Crippen molar-refractivity contribution in [2.24, 2.45) is 5.92 Å². The summed E-state index contributed by atoms with van der Waals surface area (Å²) in [6, 6.07) is 1.50. The molecular weight excluding hydrogens is 315 g/mol. The molecular formula is C14H18Cl2N2O3. The van der Waals surface area contributed by atoms with E-state index in [0.717, 1.165) is 6.42 Å². The molecule has 1 amide bonds. The number of amides is 1. The number of carbonyl (C=O) groups excluding carboxylic acids is 2. The van der Waals surface area contributed by atoms with Crippen LogP contribution in [0.1, 0.15) is 32.4 Å². The lowest BCUT2D eigenvalue weighted by Crippen LogP contribution is -2.21. The van der Waals surface area contributed by atoms with Crippen LogP contribution in [0.4, 0.5) is 5.82 Å². The SMILES string of the molecule is Cc1nc(NC(=O)COC(=O)CCC(C)C)c(Cl)cc1Cl. The maximum absolute atomic E-state index is 11.7. The van der Waals surface area contributed by atoms with E-state index in [2.05, 4.69) is 10.3 Å². The molecule has 0 aliphatic rings. The highest BCUT2D eigenvalue weighted by Crippen LogP contribution is 2.25. The molecule has 0 aliphatic carbocycles. The second-order valence-electron chi connectivity index (χ2n) is 5.03. The van der Waals surface area contributed by atoms with Crippen LogP contribution in [0.25, 0.3) is 0 Å². The molecule has 1 rings (SSSR count). The van der Waals surface area contributed by atoms with E-state index >= 15 is 0 Å². The predicted octanol–water partition coefficient (Wildman–Crippen LogP) is 3.61. The van der Waals surface area contributed by atoms with Gasteiger partial charge in [-0.25, -0.2) is 4.98 Å². The number of aromatic nitrogens is 1. The van der Waals surface area contributed by atoms with Crippen LogP contribution in [-0.2, 0) is 14.3 Å². The average molecular weight is 333 g/mol. The van der Waals surface area contributed by atoms with E-state index in [1.165, 1.54) is 6.07 Å². The van der Waals surface area contributed by atoms with Crippen molar-refractivity contribution in [1.82, 2.24) is 4.98 Å². The van der Waals surface area contributed by atoms with Crippen molar-refractivity contribution < 1.29 is 14.3 Å². The first-order valence-corrected chi connectivity index (χ1v) is 7.33. The topological polar surface area (TPSA) is 68.3 Å². The molecule has 0 saturated heterocycles. The summed E-state index contributed by atoms with van der Waals surface area (Å²) < 4.78 is 4.87. The number of aryl methyl sites for hydroxylation is 1. The number of esters is 1. The summed E-state index contributed by atoms with van der Waals surface area (Å²) >= 11 is 11.8. The summed E-state index contributed by atoms with van der Waals surface area (Å²) in [6.45, 7) is 5.35. The summed E-state index contributed by atoms with van der Waals surface area (Å²) in [7, 11) is 0. The van der Waals surface area contributed by atoms with E-state index in [0.29, 0.717) is 23.1 Å². The van der Waals surface area contributed by atoms with Crippen LogP contribution >= 0.6 is 23.2 Å². The van der Waals surface area contributed by atoms with Crippen molar-refractivity contribution in [3.8, 4) is 0 Å². The minimum absolute atomic E-state index is 0.196. The molecule has 1 heterocycles. The maximum atomic E-state index is 11.7. The molecule has 0 saturated carbocycles. The zero-order valence-corrected chi connectivity index (χ0v) is 13.7. The lowest BCUT2D eigenvalue weighted by atomic mass is 10.1. The Hall–Kier alpha value is -1.33. The Kier molecular flexibility index (Phi) is 6.92. The number of anilines is 1. The number of nitrogens with one attached hydrogen (secondary N) is 1. The number of hydrogen-bond donors (Lipinski definition) is 1.